The van der Waals surface area contributed by atoms with E-state index in [2.05, 4.69) is 4.74 Å². The molecule has 0 aliphatic rings. The van der Waals surface area contributed by atoms with Crippen LogP contribution in [0.1, 0.15) is 20.7 Å². The van der Waals surface area contributed by atoms with Gasteiger partial charge in [-0.2, -0.15) is 0 Å². The molecule has 96 valence electrons. The van der Waals surface area contributed by atoms with E-state index in [4.69, 9.17) is 5.73 Å². The largest absolute Gasteiger partial charge is 0.465 e. The fourth-order valence-corrected chi connectivity index (χ4v) is 1.85. The third kappa shape index (κ3) is 2.63. The molecule has 0 unspecified atom stereocenters. The number of hydrogen-bond donors (Lipinski definition) is 1. The van der Waals surface area contributed by atoms with Crippen LogP contribution in [0.4, 0.5) is 0 Å². The first kappa shape index (κ1) is 12.8. The van der Waals surface area contributed by atoms with Crippen LogP contribution >= 0.6 is 0 Å². The van der Waals surface area contributed by atoms with Gasteiger partial charge in [0.2, 0.25) is 5.91 Å². The molecule has 2 N–H and O–H groups in total. The summed E-state index contributed by atoms with van der Waals surface area (Å²) in [4.78, 5) is 22.7. The van der Waals surface area contributed by atoms with Crippen LogP contribution < -0.4 is 5.73 Å². The molecule has 0 atom stereocenters. The molecule has 0 heterocycles. The molecule has 0 radical (unpaired) electrons. The predicted molar refractivity (Wildman–Crippen MR) is 71.7 cm³/mol. The zero-order valence-corrected chi connectivity index (χ0v) is 10.4. The number of rotatable bonds is 3. The van der Waals surface area contributed by atoms with Crippen molar-refractivity contribution >= 4 is 11.9 Å². The minimum Gasteiger partial charge on any atom is -0.465 e. The maximum Gasteiger partial charge on any atom is 0.337 e. The number of ether oxygens (including phenoxy) is 1. The van der Waals surface area contributed by atoms with Gasteiger partial charge in [-0.15, -0.1) is 0 Å². The van der Waals surface area contributed by atoms with Crippen molar-refractivity contribution in [1.82, 2.24) is 0 Å². The highest BCUT2D eigenvalue weighted by Crippen LogP contribution is 2.23. The van der Waals surface area contributed by atoms with Crippen molar-refractivity contribution in [2.45, 2.75) is 0 Å². The Morgan fingerprint density at radius 2 is 1.63 bits per heavy atom. The normalized spacial score (nSPS) is 9.95. The van der Waals surface area contributed by atoms with Crippen molar-refractivity contribution in [3.63, 3.8) is 0 Å². The average molecular weight is 255 g/mol. The zero-order valence-electron chi connectivity index (χ0n) is 10.4. The molecular weight excluding hydrogens is 242 g/mol. The summed E-state index contributed by atoms with van der Waals surface area (Å²) in [5, 5.41) is 0. The summed E-state index contributed by atoms with van der Waals surface area (Å²) in [6.07, 6.45) is 0. The molecule has 0 aromatic heterocycles. The van der Waals surface area contributed by atoms with Crippen LogP contribution in [0.5, 0.6) is 0 Å². The van der Waals surface area contributed by atoms with Crippen LogP contribution in [-0.2, 0) is 4.74 Å². The second-order valence-corrected chi connectivity index (χ2v) is 3.98. The van der Waals surface area contributed by atoms with Crippen molar-refractivity contribution < 1.29 is 14.3 Å². The summed E-state index contributed by atoms with van der Waals surface area (Å²) in [5.41, 5.74) is 7.81. The van der Waals surface area contributed by atoms with E-state index in [1.165, 1.54) is 7.11 Å². The van der Waals surface area contributed by atoms with E-state index in [0.717, 1.165) is 11.1 Å². The van der Waals surface area contributed by atoms with E-state index < -0.39 is 11.9 Å². The van der Waals surface area contributed by atoms with Crippen molar-refractivity contribution in [3.05, 3.63) is 59.7 Å². The van der Waals surface area contributed by atoms with Gasteiger partial charge in [0.15, 0.2) is 0 Å². The second kappa shape index (κ2) is 5.35. The lowest BCUT2D eigenvalue weighted by Crippen LogP contribution is -2.12. The molecule has 4 heteroatoms. The van der Waals surface area contributed by atoms with E-state index in [9.17, 15) is 9.59 Å². The number of amides is 1. The van der Waals surface area contributed by atoms with Gasteiger partial charge in [-0.3, -0.25) is 4.79 Å². The summed E-state index contributed by atoms with van der Waals surface area (Å²) in [6.45, 7) is 0. The van der Waals surface area contributed by atoms with Crippen LogP contribution in [0.15, 0.2) is 48.5 Å². The summed E-state index contributed by atoms with van der Waals surface area (Å²) < 4.78 is 4.63. The fraction of sp³-hybridized carbons (Fsp3) is 0.0667. The predicted octanol–water partition coefficient (Wildman–Crippen LogP) is 2.24. The van der Waals surface area contributed by atoms with Crippen LogP contribution in [0, 0.1) is 0 Å². The van der Waals surface area contributed by atoms with Gasteiger partial charge in [0.05, 0.1) is 12.7 Å². The third-order valence-electron chi connectivity index (χ3n) is 2.81. The smallest absolute Gasteiger partial charge is 0.337 e. The maximum absolute atomic E-state index is 11.4. The van der Waals surface area contributed by atoms with Gasteiger partial charge in [0, 0.05) is 5.56 Å². The Morgan fingerprint density at radius 1 is 1.00 bits per heavy atom. The Hall–Kier alpha value is -2.62. The Bertz CT molecular complexity index is 618. The fourth-order valence-electron chi connectivity index (χ4n) is 1.85. The number of nitrogens with two attached hydrogens (primary N) is 1. The highest BCUT2D eigenvalue weighted by molar-refractivity contribution is 6.00. The van der Waals surface area contributed by atoms with E-state index in [-0.39, 0.29) is 0 Å². The maximum atomic E-state index is 11.4. The number of carbonyl (C=O) groups excluding carboxylic acids is 2. The molecule has 2 rings (SSSR count). The number of primary amides is 1. The lowest BCUT2D eigenvalue weighted by Gasteiger charge is -2.07. The number of methoxy groups -OCH3 is 1. The molecule has 19 heavy (non-hydrogen) atoms. The first-order valence-electron chi connectivity index (χ1n) is 5.71. The number of benzene rings is 2. The molecule has 4 nitrogen and oxygen atoms in total. The minimum absolute atomic E-state index is 0.394. The summed E-state index contributed by atoms with van der Waals surface area (Å²) in [5.74, 6) is -0.873. The van der Waals surface area contributed by atoms with E-state index in [1.54, 1.807) is 36.4 Å². The van der Waals surface area contributed by atoms with E-state index in [0.29, 0.717) is 11.1 Å². The number of hydrogen-bond acceptors (Lipinski definition) is 3. The Balaban J connectivity index is 2.43. The van der Waals surface area contributed by atoms with Gasteiger partial charge < -0.3 is 10.5 Å². The lowest BCUT2D eigenvalue weighted by molar-refractivity contribution is 0.0600. The Kier molecular flexibility index (Phi) is 3.61. The molecule has 0 aliphatic carbocycles. The standard InChI is InChI=1S/C15H13NO3/c1-19-15(18)11-8-6-10(7-9-11)12-4-2-3-5-13(12)14(16)17/h2-9H,1H3,(H2,16,17). The van der Waals surface area contributed by atoms with Crippen LogP contribution in [0.2, 0.25) is 0 Å². The first-order valence-corrected chi connectivity index (χ1v) is 5.71. The Labute approximate surface area is 110 Å². The van der Waals surface area contributed by atoms with Gasteiger partial charge in [-0.1, -0.05) is 30.3 Å². The molecule has 0 saturated carbocycles. The van der Waals surface area contributed by atoms with Crippen molar-refractivity contribution in [3.8, 4) is 11.1 Å². The van der Waals surface area contributed by atoms with Gasteiger partial charge >= 0.3 is 5.97 Å². The molecule has 0 saturated heterocycles. The molecule has 2 aromatic carbocycles. The quantitative estimate of drug-likeness (QED) is 0.855. The van der Waals surface area contributed by atoms with Gasteiger partial charge in [-0.05, 0) is 29.3 Å². The van der Waals surface area contributed by atoms with E-state index in [1.807, 2.05) is 12.1 Å². The third-order valence-corrected chi connectivity index (χ3v) is 2.81. The highest BCUT2D eigenvalue weighted by atomic mass is 16.5. The molecular formula is C15H13NO3. The average Bonchev–Trinajstić information content (AvgIpc) is 2.46. The monoisotopic (exact) mass is 255 g/mol. The van der Waals surface area contributed by atoms with Crippen LogP contribution in [0.25, 0.3) is 11.1 Å². The molecule has 0 aliphatic heterocycles. The summed E-state index contributed by atoms with van der Waals surface area (Å²) in [6, 6.07) is 13.9. The highest BCUT2D eigenvalue weighted by Gasteiger charge is 2.10. The molecule has 0 bridgehead atoms. The number of esters is 1. The topological polar surface area (TPSA) is 69.4 Å². The van der Waals surface area contributed by atoms with Crippen molar-refractivity contribution in [2.24, 2.45) is 5.73 Å². The van der Waals surface area contributed by atoms with Crippen molar-refractivity contribution in [1.29, 1.82) is 0 Å². The van der Waals surface area contributed by atoms with Gasteiger partial charge in [0.1, 0.15) is 0 Å². The summed E-state index contributed by atoms with van der Waals surface area (Å²) in [7, 11) is 1.33. The second-order valence-electron chi connectivity index (χ2n) is 3.98. The van der Waals surface area contributed by atoms with Gasteiger partial charge in [-0.25, -0.2) is 4.79 Å². The van der Waals surface area contributed by atoms with Crippen LogP contribution in [0.3, 0.4) is 0 Å². The van der Waals surface area contributed by atoms with Crippen LogP contribution in [-0.4, -0.2) is 19.0 Å². The molecule has 1 amide bonds. The van der Waals surface area contributed by atoms with Crippen molar-refractivity contribution in [2.75, 3.05) is 7.11 Å². The first-order chi connectivity index (χ1) is 9.13. The molecule has 2 aromatic rings. The summed E-state index contributed by atoms with van der Waals surface area (Å²) >= 11 is 0. The molecule has 0 fully saturated rings. The lowest BCUT2D eigenvalue weighted by atomic mass is 9.98. The molecule has 0 spiro atoms. The SMILES string of the molecule is COC(=O)c1ccc(-c2ccccc2C(N)=O)cc1. The van der Waals surface area contributed by atoms with Gasteiger partial charge in [0.25, 0.3) is 0 Å². The number of carbonyl (C=O) groups is 2. The van der Waals surface area contributed by atoms with E-state index >= 15 is 0 Å². The Morgan fingerprint density at radius 3 is 2.21 bits per heavy atom. The minimum atomic E-state index is -0.479. The zero-order chi connectivity index (χ0) is 13.8.